The van der Waals surface area contributed by atoms with Crippen LogP contribution < -0.4 is 11.0 Å². The first-order valence-electron chi connectivity index (χ1n) is 9.21. The van der Waals surface area contributed by atoms with Crippen molar-refractivity contribution in [2.45, 2.75) is 45.7 Å². The molecule has 1 fully saturated rings. The summed E-state index contributed by atoms with van der Waals surface area (Å²) in [6, 6.07) is 8.09. The smallest absolute Gasteiger partial charge is 0.334 e. The minimum atomic E-state index is -0.0940. The van der Waals surface area contributed by atoms with E-state index in [4.69, 9.17) is 0 Å². The summed E-state index contributed by atoms with van der Waals surface area (Å²) in [5.41, 5.74) is 2.20. The second-order valence-electron chi connectivity index (χ2n) is 6.94. The first-order chi connectivity index (χ1) is 12.5. The van der Waals surface area contributed by atoms with Gasteiger partial charge in [-0.1, -0.05) is 29.8 Å². The summed E-state index contributed by atoms with van der Waals surface area (Å²) in [6.45, 7) is 6.43. The molecule has 1 atom stereocenters. The summed E-state index contributed by atoms with van der Waals surface area (Å²) in [4.78, 5) is 26.5. The van der Waals surface area contributed by atoms with E-state index in [1.54, 1.807) is 11.6 Å². The number of urea groups is 1. The predicted octanol–water partition coefficient (Wildman–Crippen LogP) is 2.00. The van der Waals surface area contributed by atoms with Crippen molar-refractivity contribution in [2.75, 3.05) is 13.1 Å². The molecule has 2 heterocycles. The minimum absolute atomic E-state index is 0.0587. The maximum atomic E-state index is 12.6. The average molecular weight is 357 g/mol. The molecule has 26 heavy (non-hydrogen) atoms. The Bertz CT molecular complexity index is 821. The van der Waals surface area contributed by atoms with E-state index in [2.05, 4.69) is 10.4 Å². The van der Waals surface area contributed by atoms with Crippen molar-refractivity contribution in [2.24, 2.45) is 7.05 Å². The van der Waals surface area contributed by atoms with Crippen molar-refractivity contribution in [1.29, 1.82) is 0 Å². The van der Waals surface area contributed by atoms with Gasteiger partial charge in [-0.2, -0.15) is 5.10 Å². The molecule has 1 aliphatic rings. The highest BCUT2D eigenvalue weighted by Crippen LogP contribution is 2.25. The molecule has 1 aromatic carbocycles. The van der Waals surface area contributed by atoms with Gasteiger partial charge in [0.1, 0.15) is 5.82 Å². The zero-order valence-electron chi connectivity index (χ0n) is 15.7. The highest BCUT2D eigenvalue weighted by atomic mass is 16.2. The van der Waals surface area contributed by atoms with Crippen molar-refractivity contribution in [3.05, 3.63) is 51.7 Å². The summed E-state index contributed by atoms with van der Waals surface area (Å²) >= 11 is 0. The van der Waals surface area contributed by atoms with Crippen LogP contribution in [0.4, 0.5) is 4.79 Å². The maximum Gasteiger partial charge on any atom is 0.345 e. The molecule has 0 saturated carbocycles. The van der Waals surface area contributed by atoms with Crippen molar-refractivity contribution in [3.63, 3.8) is 0 Å². The third-order valence-corrected chi connectivity index (χ3v) is 4.99. The van der Waals surface area contributed by atoms with E-state index < -0.39 is 0 Å². The van der Waals surface area contributed by atoms with Gasteiger partial charge in [0.2, 0.25) is 0 Å². The molecule has 0 radical (unpaired) electrons. The van der Waals surface area contributed by atoms with Gasteiger partial charge in [0.05, 0.1) is 0 Å². The molecule has 1 N–H and O–H groups in total. The Hall–Kier alpha value is -2.57. The van der Waals surface area contributed by atoms with Crippen LogP contribution in [0.25, 0.3) is 0 Å². The first-order valence-corrected chi connectivity index (χ1v) is 9.21. The molecular weight excluding hydrogens is 330 g/mol. The fourth-order valence-electron chi connectivity index (χ4n) is 3.49. The number of benzene rings is 1. The van der Waals surface area contributed by atoms with Crippen LogP contribution in [0.5, 0.6) is 0 Å². The van der Waals surface area contributed by atoms with Crippen molar-refractivity contribution < 1.29 is 4.79 Å². The number of aromatic nitrogens is 3. The lowest BCUT2D eigenvalue weighted by Gasteiger charge is -2.32. The Labute approximate surface area is 153 Å². The van der Waals surface area contributed by atoms with Crippen molar-refractivity contribution in [1.82, 2.24) is 24.6 Å². The van der Waals surface area contributed by atoms with Crippen LogP contribution in [-0.4, -0.2) is 38.4 Å². The number of piperidine rings is 1. The van der Waals surface area contributed by atoms with E-state index in [9.17, 15) is 9.59 Å². The zero-order valence-corrected chi connectivity index (χ0v) is 15.7. The molecule has 3 rings (SSSR count). The molecule has 140 valence electrons. The van der Waals surface area contributed by atoms with Gasteiger partial charge in [-0.15, -0.1) is 0 Å². The molecular formula is C19H27N5O2. The maximum absolute atomic E-state index is 12.6. The number of likely N-dealkylation sites (tertiary alicyclic amines) is 1. The molecule has 7 heteroatoms. The highest BCUT2D eigenvalue weighted by molar-refractivity contribution is 5.74. The van der Waals surface area contributed by atoms with Gasteiger partial charge in [0.15, 0.2) is 0 Å². The van der Waals surface area contributed by atoms with Gasteiger partial charge < -0.3 is 10.2 Å². The average Bonchev–Trinajstić information content (AvgIpc) is 2.95. The van der Waals surface area contributed by atoms with Gasteiger partial charge >= 0.3 is 11.7 Å². The van der Waals surface area contributed by atoms with Crippen LogP contribution in [0.1, 0.15) is 42.6 Å². The number of nitrogens with zero attached hydrogens (tertiary/aromatic N) is 4. The number of carbonyl (C=O) groups is 1. The lowest BCUT2D eigenvalue weighted by Crippen LogP contribution is -2.45. The molecule has 0 bridgehead atoms. The topological polar surface area (TPSA) is 72.2 Å². The summed E-state index contributed by atoms with van der Waals surface area (Å²) in [6.07, 6.45) is 1.86. The number of rotatable bonds is 4. The zero-order chi connectivity index (χ0) is 18.7. The van der Waals surface area contributed by atoms with Crippen molar-refractivity contribution >= 4 is 6.03 Å². The van der Waals surface area contributed by atoms with E-state index in [0.717, 1.165) is 30.8 Å². The Morgan fingerprint density at radius 3 is 2.73 bits per heavy atom. The van der Waals surface area contributed by atoms with Crippen LogP contribution >= 0.6 is 0 Å². The molecule has 1 unspecified atom stereocenters. The number of aryl methyl sites for hydroxylation is 2. The quantitative estimate of drug-likeness (QED) is 0.910. The lowest BCUT2D eigenvalue weighted by atomic mass is 9.97. The van der Waals surface area contributed by atoms with Crippen LogP contribution in [0.15, 0.2) is 29.1 Å². The second-order valence-corrected chi connectivity index (χ2v) is 6.94. The Balaban J connectivity index is 1.64. The van der Waals surface area contributed by atoms with Gasteiger partial charge in [0.25, 0.3) is 0 Å². The number of carbonyl (C=O) groups excluding carboxylic acids is 1. The Morgan fingerprint density at radius 2 is 2.04 bits per heavy atom. The van der Waals surface area contributed by atoms with Crippen LogP contribution in [0.3, 0.4) is 0 Å². The standard InChI is InChI=1S/C19H27N5O2/c1-4-24-17(21-22(3)19(24)26)16-6-5-11-23(13-16)18(25)20-12-15-9-7-14(2)8-10-15/h7-10,16H,4-6,11-13H2,1-3H3,(H,20,25). The molecule has 2 aromatic rings. The van der Waals surface area contributed by atoms with E-state index in [0.29, 0.717) is 19.6 Å². The van der Waals surface area contributed by atoms with Crippen LogP contribution in [-0.2, 0) is 20.1 Å². The van der Waals surface area contributed by atoms with E-state index in [-0.39, 0.29) is 17.6 Å². The Kier molecular flexibility index (Phi) is 5.44. The number of hydrogen-bond acceptors (Lipinski definition) is 3. The number of nitrogens with one attached hydrogen (secondary N) is 1. The molecule has 1 aromatic heterocycles. The monoisotopic (exact) mass is 357 g/mol. The largest absolute Gasteiger partial charge is 0.345 e. The highest BCUT2D eigenvalue weighted by Gasteiger charge is 2.28. The van der Waals surface area contributed by atoms with E-state index in [1.165, 1.54) is 10.2 Å². The molecule has 2 amide bonds. The third-order valence-electron chi connectivity index (χ3n) is 4.99. The fraction of sp³-hybridized carbons (Fsp3) is 0.526. The van der Waals surface area contributed by atoms with E-state index >= 15 is 0 Å². The summed E-state index contributed by atoms with van der Waals surface area (Å²) < 4.78 is 3.09. The van der Waals surface area contributed by atoms with Gasteiger partial charge in [-0.3, -0.25) is 4.57 Å². The van der Waals surface area contributed by atoms with E-state index in [1.807, 2.05) is 43.0 Å². The SMILES string of the molecule is CCn1c(C2CCCN(C(=O)NCc3ccc(C)cc3)C2)nn(C)c1=O. The molecule has 7 nitrogen and oxygen atoms in total. The van der Waals surface area contributed by atoms with Gasteiger partial charge in [-0.05, 0) is 32.3 Å². The summed E-state index contributed by atoms with van der Waals surface area (Å²) in [5, 5.41) is 7.41. The normalized spacial score (nSPS) is 17.3. The van der Waals surface area contributed by atoms with Crippen LogP contribution in [0.2, 0.25) is 0 Å². The third kappa shape index (κ3) is 3.81. The molecule has 0 spiro atoms. The van der Waals surface area contributed by atoms with Crippen LogP contribution in [0, 0.1) is 6.92 Å². The summed E-state index contributed by atoms with van der Waals surface area (Å²) in [5.74, 6) is 0.888. The van der Waals surface area contributed by atoms with Gasteiger partial charge in [0, 0.05) is 39.1 Å². The predicted molar refractivity (Wildman–Crippen MR) is 100 cm³/mol. The molecule has 1 aliphatic heterocycles. The Morgan fingerprint density at radius 1 is 1.31 bits per heavy atom. The first kappa shape index (κ1) is 18.2. The minimum Gasteiger partial charge on any atom is -0.334 e. The lowest BCUT2D eigenvalue weighted by molar-refractivity contribution is 0.177. The number of amides is 2. The fourth-order valence-corrected chi connectivity index (χ4v) is 3.49. The summed E-state index contributed by atoms with van der Waals surface area (Å²) in [7, 11) is 1.67. The second kappa shape index (κ2) is 7.76. The molecule has 1 saturated heterocycles. The molecule has 0 aliphatic carbocycles. The van der Waals surface area contributed by atoms with Crippen molar-refractivity contribution in [3.8, 4) is 0 Å². The number of hydrogen-bond donors (Lipinski definition) is 1. The van der Waals surface area contributed by atoms with Gasteiger partial charge in [-0.25, -0.2) is 14.3 Å².